The van der Waals surface area contributed by atoms with Crippen LogP contribution >= 0.6 is 0 Å². The Labute approximate surface area is 134 Å². The van der Waals surface area contributed by atoms with Gasteiger partial charge in [-0.15, -0.1) is 0 Å². The van der Waals surface area contributed by atoms with Gasteiger partial charge in [0.1, 0.15) is 5.69 Å². The monoisotopic (exact) mass is 313 g/mol. The van der Waals surface area contributed by atoms with Gasteiger partial charge in [0.25, 0.3) is 5.91 Å². The summed E-state index contributed by atoms with van der Waals surface area (Å²) < 4.78 is 5.33. The van der Waals surface area contributed by atoms with Gasteiger partial charge >= 0.3 is 0 Å². The second-order valence-corrected chi connectivity index (χ2v) is 5.30. The molecule has 0 atom stereocenters. The number of hydrogen-bond donors (Lipinski definition) is 1. The fraction of sp³-hybridized carbons (Fsp3) is 0.375. The summed E-state index contributed by atoms with van der Waals surface area (Å²) in [5, 5.41) is 2.84. The predicted octanol–water partition coefficient (Wildman–Crippen LogP) is 0.947. The molecule has 1 aliphatic heterocycles. The maximum atomic E-state index is 12.3. The topological polar surface area (TPSA) is 80.2 Å². The summed E-state index contributed by atoms with van der Waals surface area (Å²) >= 11 is 0. The Kier molecular flexibility index (Phi) is 4.77. The lowest BCUT2D eigenvalue weighted by Gasteiger charge is -2.27. The number of nitrogens with zero attached hydrogens (tertiary/aromatic N) is 4. The molecule has 7 nitrogen and oxygen atoms in total. The molecule has 1 fully saturated rings. The first-order chi connectivity index (χ1) is 11.2. The van der Waals surface area contributed by atoms with Crippen LogP contribution in [0.2, 0.25) is 0 Å². The molecule has 0 radical (unpaired) electrons. The molecular formula is C16H19N5O2. The zero-order valence-corrected chi connectivity index (χ0v) is 13.0. The molecule has 3 heterocycles. The third kappa shape index (κ3) is 4.01. The van der Waals surface area contributed by atoms with Crippen LogP contribution in [0.3, 0.4) is 0 Å². The number of ether oxygens (including phenoxy) is 1. The zero-order chi connectivity index (χ0) is 16.1. The van der Waals surface area contributed by atoms with E-state index in [2.05, 4.69) is 20.3 Å². The highest BCUT2D eigenvalue weighted by molar-refractivity contribution is 5.92. The maximum Gasteiger partial charge on any atom is 0.270 e. The quantitative estimate of drug-likeness (QED) is 0.905. The minimum Gasteiger partial charge on any atom is -0.378 e. The molecule has 0 aromatic carbocycles. The van der Waals surface area contributed by atoms with Crippen LogP contribution in [0.4, 0.5) is 5.95 Å². The molecule has 0 bridgehead atoms. The molecule has 23 heavy (non-hydrogen) atoms. The highest BCUT2D eigenvalue weighted by Crippen LogP contribution is 2.12. The number of amides is 1. The predicted molar refractivity (Wildman–Crippen MR) is 85.2 cm³/mol. The zero-order valence-electron chi connectivity index (χ0n) is 13.0. The Hall–Kier alpha value is -2.54. The van der Waals surface area contributed by atoms with Gasteiger partial charge in [-0.25, -0.2) is 9.97 Å². The summed E-state index contributed by atoms with van der Waals surface area (Å²) in [6.45, 7) is 5.00. The van der Waals surface area contributed by atoms with Crippen LogP contribution in [-0.2, 0) is 11.3 Å². The SMILES string of the molecule is Cc1cc(C(=O)NCc2ccccn2)nc(N2CCOCC2)n1. The number of hydrogen-bond acceptors (Lipinski definition) is 6. The molecule has 3 rings (SSSR count). The highest BCUT2D eigenvalue weighted by Gasteiger charge is 2.17. The first-order valence-electron chi connectivity index (χ1n) is 7.59. The van der Waals surface area contributed by atoms with Crippen molar-refractivity contribution in [1.29, 1.82) is 0 Å². The van der Waals surface area contributed by atoms with E-state index in [-0.39, 0.29) is 5.91 Å². The number of nitrogens with one attached hydrogen (secondary N) is 1. The number of anilines is 1. The third-order valence-corrected chi connectivity index (χ3v) is 3.53. The average molecular weight is 313 g/mol. The number of pyridine rings is 1. The van der Waals surface area contributed by atoms with Gasteiger partial charge in [0.2, 0.25) is 5.95 Å². The molecule has 0 spiro atoms. The standard InChI is InChI=1S/C16H19N5O2/c1-12-10-14(15(22)18-11-13-4-2-3-5-17-13)20-16(19-12)21-6-8-23-9-7-21/h2-5,10H,6-9,11H2,1H3,(H,18,22). The van der Waals surface area contributed by atoms with Crippen molar-refractivity contribution < 1.29 is 9.53 Å². The van der Waals surface area contributed by atoms with E-state index in [0.29, 0.717) is 31.4 Å². The number of rotatable bonds is 4. The number of carbonyl (C=O) groups excluding carboxylic acids is 1. The van der Waals surface area contributed by atoms with E-state index in [9.17, 15) is 4.79 Å². The van der Waals surface area contributed by atoms with Crippen molar-refractivity contribution in [3.8, 4) is 0 Å². The normalized spacial score (nSPS) is 14.6. The molecule has 2 aromatic rings. The van der Waals surface area contributed by atoms with E-state index in [1.807, 2.05) is 30.0 Å². The van der Waals surface area contributed by atoms with Crippen molar-refractivity contribution >= 4 is 11.9 Å². The molecule has 1 amide bonds. The van der Waals surface area contributed by atoms with Crippen molar-refractivity contribution in [3.63, 3.8) is 0 Å². The van der Waals surface area contributed by atoms with Crippen molar-refractivity contribution in [2.45, 2.75) is 13.5 Å². The second kappa shape index (κ2) is 7.15. The molecule has 120 valence electrons. The summed E-state index contributed by atoms with van der Waals surface area (Å²) in [5.74, 6) is 0.354. The second-order valence-electron chi connectivity index (χ2n) is 5.30. The van der Waals surface area contributed by atoms with Crippen molar-refractivity contribution in [2.75, 3.05) is 31.2 Å². The Morgan fingerprint density at radius 3 is 2.87 bits per heavy atom. The number of morpholine rings is 1. The van der Waals surface area contributed by atoms with Crippen molar-refractivity contribution in [1.82, 2.24) is 20.3 Å². The highest BCUT2D eigenvalue weighted by atomic mass is 16.5. The maximum absolute atomic E-state index is 12.3. The van der Waals surface area contributed by atoms with Crippen LogP contribution in [0.1, 0.15) is 21.9 Å². The van der Waals surface area contributed by atoms with Crippen LogP contribution < -0.4 is 10.2 Å². The Morgan fingerprint density at radius 2 is 2.13 bits per heavy atom. The molecule has 2 aromatic heterocycles. The summed E-state index contributed by atoms with van der Waals surface area (Å²) in [6, 6.07) is 7.29. The smallest absolute Gasteiger partial charge is 0.270 e. The van der Waals surface area contributed by atoms with Gasteiger partial charge in [-0.05, 0) is 25.1 Å². The lowest BCUT2D eigenvalue weighted by Crippen LogP contribution is -2.38. The lowest BCUT2D eigenvalue weighted by atomic mass is 10.3. The fourth-order valence-corrected chi connectivity index (χ4v) is 2.34. The first-order valence-corrected chi connectivity index (χ1v) is 7.59. The van der Waals surface area contributed by atoms with Gasteiger partial charge in [-0.1, -0.05) is 6.07 Å². The van der Waals surface area contributed by atoms with Gasteiger partial charge < -0.3 is 15.0 Å². The van der Waals surface area contributed by atoms with Crippen LogP contribution in [0.25, 0.3) is 0 Å². The molecule has 0 unspecified atom stereocenters. The van der Waals surface area contributed by atoms with E-state index >= 15 is 0 Å². The van der Waals surface area contributed by atoms with Gasteiger partial charge in [0.15, 0.2) is 0 Å². The van der Waals surface area contributed by atoms with E-state index in [1.54, 1.807) is 12.3 Å². The molecule has 7 heteroatoms. The number of carbonyl (C=O) groups is 1. The molecule has 1 saturated heterocycles. The van der Waals surface area contributed by atoms with E-state index in [0.717, 1.165) is 24.5 Å². The summed E-state index contributed by atoms with van der Waals surface area (Å²) in [6.07, 6.45) is 1.70. The number of aromatic nitrogens is 3. The van der Waals surface area contributed by atoms with Crippen LogP contribution in [0.5, 0.6) is 0 Å². The molecular weight excluding hydrogens is 294 g/mol. The number of aryl methyl sites for hydroxylation is 1. The summed E-state index contributed by atoms with van der Waals surface area (Å²) in [5.41, 5.74) is 1.94. The van der Waals surface area contributed by atoms with Crippen molar-refractivity contribution in [2.24, 2.45) is 0 Å². The van der Waals surface area contributed by atoms with Gasteiger partial charge in [0.05, 0.1) is 25.5 Å². The fourth-order valence-electron chi connectivity index (χ4n) is 2.34. The van der Waals surface area contributed by atoms with Crippen molar-refractivity contribution in [3.05, 3.63) is 47.5 Å². The minimum absolute atomic E-state index is 0.226. The lowest BCUT2D eigenvalue weighted by molar-refractivity contribution is 0.0945. The minimum atomic E-state index is -0.226. The molecule has 1 aliphatic rings. The van der Waals surface area contributed by atoms with Crippen LogP contribution in [0, 0.1) is 6.92 Å². The van der Waals surface area contributed by atoms with Gasteiger partial charge in [-0.3, -0.25) is 9.78 Å². The largest absolute Gasteiger partial charge is 0.378 e. The Bertz CT molecular complexity index is 671. The van der Waals surface area contributed by atoms with E-state index in [4.69, 9.17) is 4.74 Å². The Morgan fingerprint density at radius 1 is 1.30 bits per heavy atom. The van der Waals surface area contributed by atoms with E-state index in [1.165, 1.54) is 0 Å². The van der Waals surface area contributed by atoms with E-state index < -0.39 is 0 Å². The van der Waals surface area contributed by atoms with Crippen LogP contribution in [-0.4, -0.2) is 47.2 Å². The van der Waals surface area contributed by atoms with Crippen LogP contribution in [0.15, 0.2) is 30.5 Å². The molecule has 1 N–H and O–H groups in total. The summed E-state index contributed by atoms with van der Waals surface area (Å²) in [7, 11) is 0. The molecule has 0 saturated carbocycles. The third-order valence-electron chi connectivity index (χ3n) is 3.53. The van der Waals surface area contributed by atoms with Gasteiger partial charge in [-0.2, -0.15) is 0 Å². The average Bonchev–Trinajstić information content (AvgIpc) is 2.61. The molecule has 0 aliphatic carbocycles. The Balaban J connectivity index is 1.71. The van der Waals surface area contributed by atoms with Gasteiger partial charge in [0, 0.05) is 25.0 Å². The summed E-state index contributed by atoms with van der Waals surface area (Å²) in [4.78, 5) is 27.4. The first kappa shape index (κ1) is 15.4.